The Labute approximate surface area is 194 Å². The van der Waals surface area contributed by atoms with Gasteiger partial charge in [0.1, 0.15) is 18.1 Å². The molecule has 0 aliphatic carbocycles. The van der Waals surface area contributed by atoms with E-state index in [1.807, 2.05) is 60.7 Å². The summed E-state index contributed by atoms with van der Waals surface area (Å²) in [6.07, 6.45) is 1.76. The van der Waals surface area contributed by atoms with E-state index < -0.39 is 0 Å². The molecule has 1 aromatic heterocycles. The van der Waals surface area contributed by atoms with Gasteiger partial charge in [-0.15, -0.1) is 0 Å². The number of benzene rings is 2. The molecule has 3 aromatic rings. The number of ether oxygens (including phenoxy) is 1. The van der Waals surface area contributed by atoms with E-state index in [0.29, 0.717) is 12.4 Å². The maximum Gasteiger partial charge on any atom is 0.319 e. The molecule has 0 saturated carbocycles. The van der Waals surface area contributed by atoms with E-state index in [0.717, 1.165) is 35.5 Å². The average Bonchev–Trinajstić information content (AvgIpc) is 3.25. The van der Waals surface area contributed by atoms with E-state index in [1.165, 1.54) is 4.90 Å². The minimum Gasteiger partial charge on any atom is -0.497 e. The lowest BCUT2D eigenvalue weighted by Crippen LogP contribution is -2.44. The van der Waals surface area contributed by atoms with Gasteiger partial charge in [0.15, 0.2) is 0 Å². The van der Waals surface area contributed by atoms with Crippen molar-refractivity contribution in [2.45, 2.75) is 19.8 Å². The number of hydrogen-bond acceptors (Lipinski definition) is 4. The second-order valence-corrected chi connectivity index (χ2v) is 7.89. The first-order chi connectivity index (χ1) is 15.9. The molecule has 0 saturated heterocycles. The molecule has 33 heavy (non-hydrogen) atoms. The Bertz CT molecular complexity index is 1060. The summed E-state index contributed by atoms with van der Waals surface area (Å²) in [5.41, 5.74) is 2.45. The Hall–Kier alpha value is -3.81. The molecule has 8 heteroatoms. The summed E-state index contributed by atoms with van der Waals surface area (Å²) in [7, 11) is 4.98. The van der Waals surface area contributed by atoms with Crippen LogP contribution in [0.5, 0.6) is 5.75 Å². The second kappa shape index (κ2) is 11.2. The fraction of sp³-hybridized carbons (Fsp3) is 0.320. The Morgan fingerprint density at radius 3 is 2.36 bits per heavy atom. The van der Waals surface area contributed by atoms with Crippen LogP contribution in [0.15, 0.2) is 60.7 Å². The molecule has 0 unspecified atom stereocenters. The number of anilines is 1. The predicted octanol–water partition coefficient (Wildman–Crippen LogP) is 4.27. The fourth-order valence-electron chi connectivity index (χ4n) is 3.37. The highest BCUT2D eigenvalue weighted by atomic mass is 16.5. The molecular formula is C25H31N5O3. The molecule has 1 N–H and O–H groups in total. The van der Waals surface area contributed by atoms with E-state index in [-0.39, 0.29) is 18.5 Å². The average molecular weight is 450 g/mol. The molecule has 3 rings (SSSR count). The lowest BCUT2D eigenvalue weighted by atomic mass is 10.1. The molecule has 1 heterocycles. The van der Waals surface area contributed by atoms with Gasteiger partial charge in [0, 0.05) is 32.3 Å². The lowest BCUT2D eigenvalue weighted by Gasteiger charge is -2.25. The first-order valence-corrected chi connectivity index (χ1v) is 11.0. The number of amides is 3. The molecule has 0 radical (unpaired) electrons. The maximum atomic E-state index is 13.0. The first-order valence-electron chi connectivity index (χ1n) is 11.0. The first kappa shape index (κ1) is 23.8. The molecule has 8 nitrogen and oxygen atoms in total. The van der Waals surface area contributed by atoms with Crippen LogP contribution >= 0.6 is 0 Å². The van der Waals surface area contributed by atoms with E-state index in [2.05, 4.69) is 12.2 Å². The van der Waals surface area contributed by atoms with Gasteiger partial charge in [0.25, 0.3) is 0 Å². The number of hydrogen-bond donors (Lipinski definition) is 1. The van der Waals surface area contributed by atoms with Crippen molar-refractivity contribution in [1.29, 1.82) is 0 Å². The van der Waals surface area contributed by atoms with Crippen LogP contribution in [0.3, 0.4) is 0 Å². The molecule has 0 aliphatic heterocycles. The molecule has 2 aromatic carbocycles. The number of unbranched alkanes of at least 4 members (excludes halogenated alkanes) is 1. The normalized spacial score (nSPS) is 10.5. The minimum absolute atomic E-state index is 0.0362. The molecule has 0 aliphatic rings. The van der Waals surface area contributed by atoms with E-state index in [1.54, 1.807) is 30.8 Å². The van der Waals surface area contributed by atoms with Crippen LogP contribution < -0.4 is 10.1 Å². The van der Waals surface area contributed by atoms with Crippen LogP contribution in [-0.2, 0) is 4.79 Å². The van der Waals surface area contributed by atoms with Gasteiger partial charge in [-0.3, -0.25) is 4.79 Å². The van der Waals surface area contributed by atoms with Crippen molar-refractivity contribution < 1.29 is 14.3 Å². The highest BCUT2D eigenvalue weighted by Gasteiger charge is 2.20. The van der Waals surface area contributed by atoms with Crippen molar-refractivity contribution in [2.24, 2.45) is 0 Å². The van der Waals surface area contributed by atoms with Crippen molar-refractivity contribution in [3.8, 4) is 22.7 Å². The van der Waals surface area contributed by atoms with Gasteiger partial charge in [-0.05, 0) is 30.7 Å². The zero-order valence-corrected chi connectivity index (χ0v) is 19.6. The smallest absolute Gasteiger partial charge is 0.319 e. The SMILES string of the molecule is CCCCN(CC(=O)Nc1cc(-c2ccccc2)nn1-c1ccc(OC)cc1)C(=O)N(C)C. The van der Waals surface area contributed by atoms with Crippen LogP contribution in [-0.4, -0.2) is 65.8 Å². The standard InChI is InChI=1S/C25H31N5O3/c1-5-6-16-29(25(32)28(2)3)18-24(31)26-23-17-22(19-10-8-7-9-11-19)27-30(23)20-12-14-21(33-4)15-13-20/h7-15,17H,5-6,16,18H2,1-4H3,(H,26,31). The van der Waals surface area contributed by atoms with E-state index in [4.69, 9.17) is 9.84 Å². The van der Waals surface area contributed by atoms with E-state index in [9.17, 15) is 9.59 Å². The number of rotatable bonds is 9. The Kier molecular flexibility index (Phi) is 8.07. The van der Waals surface area contributed by atoms with Crippen molar-refractivity contribution in [3.63, 3.8) is 0 Å². The molecule has 0 atom stereocenters. The van der Waals surface area contributed by atoms with Crippen LogP contribution in [0.25, 0.3) is 16.9 Å². The van der Waals surface area contributed by atoms with Crippen LogP contribution in [0.1, 0.15) is 19.8 Å². The topological polar surface area (TPSA) is 79.7 Å². The highest BCUT2D eigenvalue weighted by Crippen LogP contribution is 2.25. The lowest BCUT2D eigenvalue weighted by molar-refractivity contribution is -0.116. The summed E-state index contributed by atoms with van der Waals surface area (Å²) in [6, 6.07) is 18.8. The molecule has 0 bridgehead atoms. The number of nitrogens with one attached hydrogen (secondary N) is 1. The van der Waals surface area contributed by atoms with Crippen molar-refractivity contribution in [2.75, 3.05) is 39.6 Å². The van der Waals surface area contributed by atoms with Crippen LogP contribution in [0, 0.1) is 0 Å². The van der Waals surface area contributed by atoms with Crippen molar-refractivity contribution in [1.82, 2.24) is 19.6 Å². The van der Waals surface area contributed by atoms with Gasteiger partial charge in [0.05, 0.1) is 18.5 Å². The summed E-state index contributed by atoms with van der Waals surface area (Å²) in [5.74, 6) is 0.973. The summed E-state index contributed by atoms with van der Waals surface area (Å²) < 4.78 is 6.94. The quantitative estimate of drug-likeness (QED) is 0.529. The molecule has 174 valence electrons. The largest absolute Gasteiger partial charge is 0.497 e. The number of carbonyl (C=O) groups is 2. The summed E-state index contributed by atoms with van der Waals surface area (Å²) >= 11 is 0. The Morgan fingerprint density at radius 1 is 1.06 bits per heavy atom. The third kappa shape index (κ3) is 6.12. The Balaban J connectivity index is 1.88. The Morgan fingerprint density at radius 2 is 1.76 bits per heavy atom. The zero-order chi connectivity index (χ0) is 23.8. The van der Waals surface area contributed by atoms with Gasteiger partial charge in [0.2, 0.25) is 5.91 Å². The van der Waals surface area contributed by atoms with Crippen molar-refractivity contribution in [3.05, 3.63) is 60.7 Å². The third-order valence-electron chi connectivity index (χ3n) is 5.13. The number of carbonyl (C=O) groups excluding carboxylic acids is 2. The van der Waals surface area contributed by atoms with E-state index >= 15 is 0 Å². The van der Waals surface area contributed by atoms with Gasteiger partial charge < -0.3 is 19.9 Å². The van der Waals surface area contributed by atoms with Crippen molar-refractivity contribution >= 4 is 17.8 Å². The number of methoxy groups -OCH3 is 1. The summed E-state index contributed by atoms with van der Waals surface area (Å²) in [4.78, 5) is 28.5. The van der Waals surface area contributed by atoms with Crippen LogP contribution in [0.4, 0.5) is 10.6 Å². The molecule has 0 fully saturated rings. The third-order valence-corrected chi connectivity index (χ3v) is 5.13. The fourth-order valence-corrected chi connectivity index (χ4v) is 3.37. The summed E-state index contributed by atoms with van der Waals surface area (Å²) in [6.45, 7) is 2.54. The molecule has 0 spiro atoms. The predicted molar refractivity (Wildman–Crippen MR) is 130 cm³/mol. The van der Waals surface area contributed by atoms with Crippen LogP contribution in [0.2, 0.25) is 0 Å². The number of urea groups is 1. The van der Waals surface area contributed by atoms with Gasteiger partial charge in [-0.2, -0.15) is 5.10 Å². The highest BCUT2D eigenvalue weighted by molar-refractivity contribution is 5.94. The molecule has 3 amide bonds. The monoisotopic (exact) mass is 449 g/mol. The second-order valence-electron chi connectivity index (χ2n) is 7.89. The number of nitrogens with zero attached hydrogens (tertiary/aromatic N) is 4. The minimum atomic E-state index is -0.282. The maximum absolute atomic E-state index is 13.0. The van der Waals surface area contributed by atoms with Gasteiger partial charge in [-0.25, -0.2) is 9.48 Å². The number of aromatic nitrogens is 2. The van der Waals surface area contributed by atoms with Gasteiger partial charge >= 0.3 is 6.03 Å². The zero-order valence-electron chi connectivity index (χ0n) is 19.6. The molecular weight excluding hydrogens is 418 g/mol. The van der Waals surface area contributed by atoms with Gasteiger partial charge in [-0.1, -0.05) is 43.7 Å². The summed E-state index contributed by atoms with van der Waals surface area (Å²) in [5, 5.41) is 7.67.